The Labute approximate surface area is 60.4 Å². The van der Waals surface area contributed by atoms with Gasteiger partial charge in [-0.2, -0.15) is 0 Å². The molecule has 0 spiro atoms. The summed E-state index contributed by atoms with van der Waals surface area (Å²) in [6.07, 6.45) is 5.04. The van der Waals surface area contributed by atoms with Crippen LogP contribution in [-0.4, -0.2) is 24.2 Å². The molecular formula is C7H10N2O. The molecule has 0 saturated heterocycles. The number of carbonyl (C=O) groups is 1. The van der Waals surface area contributed by atoms with E-state index >= 15 is 0 Å². The number of nitrogens with zero attached hydrogens (tertiary/aromatic N) is 2. The summed E-state index contributed by atoms with van der Waals surface area (Å²) in [5.41, 5.74) is 0. The normalized spacial score (nSPS) is 9.20. The second-order valence-corrected chi connectivity index (χ2v) is 1.54. The van der Waals surface area contributed by atoms with Crippen molar-refractivity contribution in [3.05, 3.63) is 25.4 Å². The highest BCUT2D eigenvalue weighted by Gasteiger charge is 1.89. The number of amides is 1. The maximum atomic E-state index is 10.2. The average Bonchev–Trinajstić information content (AvgIpc) is 1.98. The van der Waals surface area contributed by atoms with Crippen molar-refractivity contribution in [1.82, 2.24) is 4.90 Å². The molecule has 0 aliphatic rings. The third kappa shape index (κ3) is 3.60. The number of rotatable bonds is 5. The molecule has 3 heteroatoms. The lowest BCUT2D eigenvalue weighted by Gasteiger charge is -2.04. The fraction of sp³-hybridized carbons (Fsp3) is 0.143. The molecule has 0 radical (unpaired) electrons. The van der Waals surface area contributed by atoms with E-state index in [1.807, 2.05) is 0 Å². The SMILES string of the molecule is C=CCN(C=O)C=NC=C. The van der Waals surface area contributed by atoms with E-state index in [4.69, 9.17) is 0 Å². The van der Waals surface area contributed by atoms with E-state index in [2.05, 4.69) is 18.2 Å². The first-order valence-corrected chi connectivity index (χ1v) is 2.81. The minimum Gasteiger partial charge on any atom is -0.302 e. The van der Waals surface area contributed by atoms with Crippen molar-refractivity contribution in [3.8, 4) is 0 Å². The summed E-state index contributed by atoms with van der Waals surface area (Å²) in [6, 6.07) is 0. The van der Waals surface area contributed by atoms with E-state index in [1.54, 1.807) is 6.08 Å². The van der Waals surface area contributed by atoms with Gasteiger partial charge in [-0.25, -0.2) is 4.99 Å². The Bertz CT molecular complexity index is 152. The number of aliphatic imine (C=N–C) groups is 1. The minimum atomic E-state index is 0.473. The second kappa shape index (κ2) is 5.75. The zero-order valence-corrected chi connectivity index (χ0v) is 5.73. The molecule has 0 aliphatic heterocycles. The van der Waals surface area contributed by atoms with Crippen LogP contribution >= 0.6 is 0 Å². The minimum absolute atomic E-state index is 0.473. The molecule has 0 heterocycles. The van der Waals surface area contributed by atoms with Crippen LogP contribution in [0.1, 0.15) is 0 Å². The Morgan fingerprint density at radius 1 is 1.50 bits per heavy atom. The lowest BCUT2D eigenvalue weighted by atomic mass is 10.6. The predicted octanol–water partition coefficient (Wildman–Crippen LogP) is 0.803. The van der Waals surface area contributed by atoms with Gasteiger partial charge in [-0.15, -0.1) is 6.58 Å². The molecule has 0 aromatic rings. The quantitative estimate of drug-likeness (QED) is 0.239. The Kier molecular flexibility index (Phi) is 4.96. The molecule has 0 aromatic heterocycles. The van der Waals surface area contributed by atoms with Crippen molar-refractivity contribution >= 4 is 12.7 Å². The van der Waals surface area contributed by atoms with Crippen LogP contribution in [0, 0.1) is 0 Å². The Morgan fingerprint density at radius 3 is 2.60 bits per heavy atom. The molecule has 0 fully saturated rings. The van der Waals surface area contributed by atoms with Crippen LogP contribution in [0.3, 0.4) is 0 Å². The van der Waals surface area contributed by atoms with Gasteiger partial charge in [-0.05, 0) is 0 Å². The summed E-state index contributed by atoms with van der Waals surface area (Å²) < 4.78 is 0. The lowest BCUT2D eigenvalue weighted by Crippen LogP contribution is -2.19. The standard InChI is InChI=1S/C7H10N2O/c1-3-5-9(7-10)6-8-4-2/h3-4,6-7H,1-2,5H2. The monoisotopic (exact) mass is 138 g/mol. The van der Waals surface area contributed by atoms with Crippen molar-refractivity contribution in [2.75, 3.05) is 6.54 Å². The van der Waals surface area contributed by atoms with Crippen molar-refractivity contribution in [3.63, 3.8) is 0 Å². The summed E-state index contributed by atoms with van der Waals surface area (Å²) in [6.45, 7) is 7.30. The maximum absolute atomic E-state index is 10.2. The second-order valence-electron chi connectivity index (χ2n) is 1.54. The van der Waals surface area contributed by atoms with Crippen molar-refractivity contribution < 1.29 is 4.79 Å². The fourth-order valence-corrected chi connectivity index (χ4v) is 0.399. The van der Waals surface area contributed by atoms with E-state index in [-0.39, 0.29) is 0 Å². The zero-order valence-electron chi connectivity index (χ0n) is 5.73. The van der Waals surface area contributed by atoms with Crippen LogP contribution in [0.5, 0.6) is 0 Å². The zero-order chi connectivity index (χ0) is 7.82. The van der Waals surface area contributed by atoms with Gasteiger partial charge in [0.15, 0.2) is 0 Å². The van der Waals surface area contributed by atoms with Crippen LogP contribution < -0.4 is 0 Å². The van der Waals surface area contributed by atoms with Crippen LogP contribution in [-0.2, 0) is 4.79 Å². The largest absolute Gasteiger partial charge is 0.302 e. The third-order valence-electron chi connectivity index (χ3n) is 0.796. The molecule has 0 bridgehead atoms. The van der Waals surface area contributed by atoms with E-state index in [1.165, 1.54) is 17.4 Å². The molecule has 0 N–H and O–H groups in total. The van der Waals surface area contributed by atoms with Crippen molar-refractivity contribution in [1.29, 1.82) is 0 Å². The third-order valence-corrected chi connectivity index (χ3v) is 0.796. The molecule has 0 rings (SSSR count). The van der Waals surface area contributed by atoms with Crippen LogP contribution in [0.2, 0.25) is 0 Å². The first kappa shape index (κ1) is 8.62. The van der Waals surface area contributed by atoms with Gasteiger partial charge in [0.05, 0.1) is 6.34 Å². The van der Waals surface area contributed by atoms with Crippen LogP contribution in [0.4, 0.5) is 0 Å². The highest BCUT2D eigenvalue weighted by Crippen LogP contribution is 1.77. The molecule has 54 valence electrons. The number of hydrogen-bond acceptors (Lipinski definition) is 2. The summed E-state index contributed by atoms with van der Waals surface area (Å²) in [4.78, 5) is 15.2. The highest BCUT2D eigenvalue weighted by molar-refractivity contribution is 5.72. The molecular weight excluding hydrogens is 128 g/mol. The van der Waals surface area contributed by atoms with Gasteiger partial charge in [0.1, 0.15) is 0 Å². The maximum Gasteiger partial charge on any atom is 0.215 e. The van der Waals surface area contributed by atoms with E-state index in [0.717, 1.165) is 0 Å². The number of carbonyl (C=O) groups excluding carboxylic acids is 1. The summed E-state index contributed by atoms with van der Waals surface area (Å²) >= 11 is 0. The fourth-order valence-electron chi connectivity index (χ4n) is 0.399. The number of hydrogen-bond donors (Lipinski definition) is 0. The molecule has 0 saturated carbocycles. The first-order chi connectivity index (χ1) is 4.85. The summed E-state index contributed by atoms with van der Waals surface area (Å²) in [5, 5.41) is 0. The molecule has 0 aliphatic carbocycles. The highest BCUT2D eigenvalue weighted by atomic mass is 16.1. The Balaban J connectivity index is 3.80. The van der Waals surface area contributed by atoms with Gasteiger partial charge >= 0.3 is 0 Å². The van der Waals surface area contributed by atoms with Crippen LogP contribution in [0.25, 0.3) is 0 Å². The van der Waals surface area contributed by atoms with Crippen molar-refractivity contribution in [2.45, 2.75) is 0 Å². The molecule has 0 aromatic carbocycles. The molecule has 0 unspecified atom stereocenters. The lowest BCUT2D eigenvalue weighted by molar-refractivity contribution is -0.114. The summed E-state index contributed by atoms with van der Waals surface area (Å²) in [7, 11) is 0. The smallest absolute Gasteiger partial charge is 0.215 e. The van der Waals surface area contributed by atoms with E-state index < -0.39 is 0 Å². The van der Waals surface area contributed by atoms with E-state index in [0.29, 0.717) is 13.0 Å². The predicted molar refractivity (Wildman–Crippen MR) is 41.7 cm³/mol. The Morgan fingerprint density at radius 2 is 2.20 bits per heavy atom. The van der Waals surface area contributed by atoms with E-state index in [9.17, 15) is 4.79 Å². The topological polar surface area (TPSA) is 32.7 Å². The Hall–Kier alpha value is -1.38. The first-order valence-electron chi connectivity index (χ1n) is 2.81. The molecule has 1 amide bonds. The summed E-state index contributed by atoms with van der Waals surface area (Å²) in [5.74, 6) is 0. The average molecular weight is 138 g/mol. The van der Waals surface area contributed by atoms with Crippen molar-refractivity contribution in [2.24, 2.45) is 4.99 Å². The van der Waals surface area contributed by atoms with Gasteiger partial charge < -0.3 is 4.90 Å². The van der Waals surface area contributed by atoms with Gasteiger partial charge in [0, 0.05) is 12.7 Å². The van der Waals surface area contributed by atoms with Gasteiger partial charge in [0.25, 0.3) is 0 Å². The van der Waals surface area contributed by atoms with Crippen LogP contribution in [0.15, 0.2) is 30.4 Å². The molecule has 3 nitrogen and oxygen atoms in total. The molecule has 0 atom stereocenters. The van der Waals surface area contributed by atoms with Gasteiger partial charge in [-0.3, -0.25) is 4.79 Å². The molecule has 10 heavy (non-hydrogen) atoms. The van der Waals surface area contributed by atoms with Gasteiger partial charge in [-0.1, -0.05) is 12.7 Å². The van der Waals surface area contributed by atoms with Gasteiger partial charge in [0.2, 0.25) is 6.41 Å².